The highest BCUT2D eigenvalue weighted by molar-refractivity contribution is 9.10. The molecule has 0 amide bonds. The molecule has 1 aromatic carbocycles. The van der Waals surface area contributed by atoms with Crippen LogP contribution in [0.1, 0.15) is 13.3 Å². The zero-order valence-electron chi connectivity index (χ0n) is 11.5. The summed E-state index contributed by atoms with van der Waals surface area (Å²) in [5.41, 5.74) is 6.37. The first kappa shape index (κ1) is 16.0. The van der Waals surface area contributed by atoms with Crippen LogP contribution in [-0.4, -0.2) is 27.7 Å². The molecule has 0 radical (unpaired) electrons. The van der Waals surface area contributed by atoms with Gasteiger partial charge in [-0.1, -0.05) is 18.5 Å². The monoisotopic (exact) mass is 370 g/mol. The topological polar surface area (TPSA) is 84.1 Å². The lowest BCUT2D eigenvalue weighted by Gasteiger charge is -2.13. The van der Waals surface area contributed by atoms with Gasteiger partial charge in [-0.15, -0.1) is 0 Å². The first-order valence-electron chi connectivity index (χ1n) is 6.52. The Balaban J connectivity index is 2.31. The Morgan fingerprint density at radius 3 is 2.95 bits per heavy atom. The fourth-order valence-corrected chi connectivity index (χ4v) is 2.18. The molecule has 5 nitrogen and oxygen atoms in total. The van der Waals surface area contributed by atoms with E-state index in [0.29, 0.717) is 28.8 Å². The highest BCUT2D eigenvalue weighted by Gasteiger charge is 2.12. The Morgan fingerprint density at radius 2 is 2.24 bits per heavy atom. The molecule has 0 spiro atoms. The first-order chi connectivity index (χ1) is 10.0. The Kier molecular flexibility index (Phi) is 5.39. The molecular weight excluding hydrogens is 356 g/mol. The number of phenolic OH excluding ortho intramolecular Hbond substituents is 1. The van der Waals surface area contributed by atoms with E-state index < -0.39 is 0 Å². The van der Waals surface area contributed by atoms with Crippen LogP contribution < -0.4 is 11.1 Å². The summed E-state index contributed by atoms with van der Waals surface area (Å²) in [6.07, 6.45) is 2.50. The average Bonchev–Trinajstić information content (AvgIpc) is 2.48. The van der Waals surface area contributed by atoms with Crippen LogP contribution in [0.2, 0.25) is 5.02 Å². The van der Waals surface area contributed by atoms with Crippen molar-refractivity contribution in [3.8, 4) is 17.1 Å². The van der Waals surface area contributed by atoms with Gasteiger partial charge >= 0.3 is 0 Å². The summed E-state index contributed by atoms with van der Waals surface area (Å²) in [7, 11) is 0. The van der Waals surface area contributed by atoms with Crippen molar-refractivity contribution in [2.75, 3.05) is 11.9 Å². The Morgan fingerprint density at radius 1 is 1.48 bits per heavy atom. The lowest BCUT2D eigenvalue weighted by Crippen LogP contribution is -2.28. The van der Waals surface area contributed by atoms with Crippen LogP contribution in [0, 0.1) is 0 Å². The summed E-state index contributed by atoms with van der Waals surface area (Å²) in [5, 5.41) is 13.6. The maximum atomic E-state index is 9.91. The molecule has 2 aromatic rings. The minimum atomic E-state index is 0.0508. The lowest BCUT2D eigenvalue weighted by molar-refractivity contribution is 0.477. The van der Waals surface area contributed by atoms with Gasteiger partial charge in [0.05, 0.1) is 10.0 Å². The molecule has 0 aliphatic heterocycles. The normalized spacial score (nSPS) is 12.2. The SMILES string of the molecule is CC[C@H](N)CNc1nc(-c2cc(Cl)ccc2O)ncc1Br. The summed E-state index contributed by atoms with van der Waals surface area (Å²) in [6.45, 7) is 2.63. The summed E-state index contributed by atoms with van der Waals surface area (Å²) in [4.78, 5) is 8.62. The molecule has 7 heteroatoms. The van der Waals surface area contributed by atoms with Gasteiger partial charge in [0.2, 0.25) is 0 Å². The maximum Gasteiger partial charge on any atom is 0.165 e. The van der Waals surface area contributed by atoms with E-state index in [1.54, 1.807) is 18.3 Å². The quantitative estimate of drug-likeness (QED) is 0.750. The van der Waals surface area contributed by atoms with E-state index in [0.717, 1.165) is 10.9 Å². The van der Waals surface area contributed by atoms with Crippen molar-refractivity contribution in [2.24, 2.45) is 5.73 Å². The number of nitrogens with zero attached hydrogens (tertiary/aromatic N) is 2. The molecule has 2 rings (SSSR count). The molecule has 0 aliphatic rings. The standard InChI is InChI=1S/C14H16BrClN4O/c1-2-9(17)6-18-14-11(15)7-19-13(20-14)10-5-8(16)3-4-12(10)21/h3-5,7,9,21H,2,6,17H2,1H3,(H,18,19,20)/t9-/m0/s1. The predicted molar refractivity (Wildman–Crippen MR) is 88.6 cm³/mol. The number of phenols is 1. The second-order valence-electron chi connectivity index (χ2n) is 4.60. The van der Waals surface area contributed by atoms with Gasteiger partial charge < -0.3 is 16.2 Å². The number of anilines is 1. The molecule has 1 heterocycles. The van der Waals surface area contributed by atoms with Crippen LogP contribution in [0.4, 0.5) is 5.82 Å². The molecule has 0 fully saturated rings. The van der Waals surface area contributed by atoms with Gasteiger partial charge in [-0.3, -0.25) is 0 Å². The van der Waals surface area contributed by atoms with Gasteiger partial charge in [0, 0.05) is 23.8 Å². The Hall–Kier alpha value is -1.37. The van der Waals surface area contributed by atoms with E-state index in [1.807, 2.05) is 6.92 Å². The molecule has 0 saturated carbocycles. The smallest absolute Gasteiger partial charge is 0.165 e. The van der Waals surface area contributed by atoms with E-state index in [2.05, 4.69) is 31.2 Å². The second kappa shape index (κ2) is 7.06. The van der Waals surface area contributed by atoms with Crippen LogP contribution in [0.5, 0.6) is 5.75 Å². The van der Waals surface area contributed by atoms with Gasteiger partial charge in [-0.2, -0.15) is 0 Å². The second-order valence-corrected chi connectivity index (χ2v) is 5.89. The summed E-state index contributed by atoms with van der Waals surface area (Å²) in [6, 6.07) is 4.80. The van der Waals surface area contributed by atoms with Crippen LogP contribution in [0.15, 0.2) is 28.9 Å². The fraction of sp³-hybridized carbons (Fsp3) is 0.286. The van der Waals surface area contributed by atoms with Crippen LogP contribution in [-0.2, 0) is 0 Å². The third-order valence-electron chi connectivity index (χ3n) is 3.00. The molecule has 0 bridgehead atoms. The largest absolute Gasteiger partial charge is 0.507 e. The number of benzene rings is 1. The third kappa shape index (κ3) is 4.06. The lowest BCUT2D eigenvalue weighted by atomic mass is 10.2. The summed E-state index contributed by atoms with van der Waals surface area (Å²) >= 11 is 9.34. The van der Waals surface area contributed by atoms with Crippen LogP contribution in [0.3, 0.4) is 0 Å². The molecular formula is C14H16BrClN4O. The van der Waals surface area contributed by atoms with Crippen LogP contribution in [0.25, 0.3) is 11.4 Å². The number of aromatic hydroxyl groups is 1. The van der Waals surface area contributed by atoms with Gasteiger partial charge in [0.25, 0.3) is 0 Å². The molecule has 0 unspecified atom stereocenters. The van der Waals surface area contributed by atoms with E-state index in [9.17, 15) is 5.11 Å². The zero-order valence-corrected chi connectivity index (χ0v) is 13.8. The highest BCUT2D eigenvalue weighted by atomic mass is 79.9. The fourth-order valence-electron chi connectivity index (χ4n) is 1.68. The molecule has 112 valence electrons. The first-order valence-corrected chi connectivity index (χ1v) is 7.69. The van der Waals surface area contributed by atoms with Crippen LogP contribution >= 0.6 is 27.5 Å². The highest BCUT2D eigenvalue weighted by Crippen LogP contribution is 2.31. The number of halogens is 2. The number of nitrogens with two attached hydrogens (primary N) is 1. The van der Waals surface area contributed by atoms with E-state index in [1.165, 1.54) is 6.07 Å². The van der Waals surface area contributed by atoms with Crippen molar-refractivity contribution in [2.45, 2.75) is 19.4 Å². The van der Waals surface area contributed by atoms with E-state index >= 15 is 0 Å². The molecule has 0 saturated heterocycles. The number of hydrogen-bond acceptors (Lipinski definition) is 5. The molecule has 4 N–H and O–H groups in total. The molecule has 21 heavy (non-hydrogen) atoms. The number of rotatable bonds is 5. The number of aromatic nitrogens is 2. The van der Waals surface area contributed by atoms with Crippen molar-refractivity contribution < 1.29 is 5.11 Å². The number of nitrogens with one attached hydrogen (secondary N) is 1. The number of hydrogen-bond donors (Lipinski definition) is 3. The predicted octanol–water partition coefficient (Wildman–Crippen LogP) is 3.41. The summed E-state index contributed by atoms with van der Waals surface area (Å²) < 4.78 is 0.732. The van der Waals surface area contributed by atoms with E-state index in [-0.39, 0.29) is 11.8 Å². The van der Waals surface area contributed by atoms with Crippen molar-refractivity contribution in [1.29, 1.82) is 0 Å². The Labute approximate surface area is 136 Å². The van der Waals surface area contributed by atoms with Gasteiger partial charge in [-0.05, 0) is 40.5 Å². The van der Waals surface area contributed by atoms with Gasteiger partial charge in [-0.25, -0.2) is 9.97 Å². The minimum Gasteiger partial charge on any atom is -0.507 e. The molecule has 1 aromatic heterocycles. The third-order valence-corrected chi connectivity index (χ3v) is 3.82. The zero-order chi connectivity index (χ0) is 15.4. The summed E-state index contributed by atoms with van der Waals surface area (Å²) in [5.74, 6) is 1.10. The Bertz CT molecular complexity index is 638. The molecule has 1 atom stereocenters. The van der Waals surface area contributed by atoms with Gasteiger partial charge in [0.15, 0.2) is 5.82 Å². The average molecular weight is 372 g/mol. The minimum absolute atomic E-state index is 0.0508. The van der Waals surface area contributed by atoms with Crippen molar-refractivity contribution in [3.05, 3.63) is 33.9 Å². The van der Waals surface area contributed by atoms with Crippen molar-refractivity contribution in [1.82, 2.24) is 9.97 Å². The van der Waals surface area contributed by atoms with Crippen molar-refractivity contribution in [3.63, 3.8) is 0 Å². The van der Waals surface area contributed by atoms with E-state index in [4.69, 9.17) is 17.3 Å². The van der Waals surface area contributed by atoms with Gasteiger partial charge in [0.1, 0.15) is 11.6 Å². The van der Waals surface area contributed by atoms with Crippen molar-refractivity contribution >= 4 is 33.3 Å². The maximum absolute atomic E-state index is 9.91. The molecule has 0 aliphatic carbocycles.